The second-order valence-corrected chi connectivity index (χ2v) is 8.41. The molecule has 1 aliphatic heterocycles. The van der Waals surface area contributed by atoms with Gasteiger partial charge in [-0.05, 0) is 25.2 Å². The third-order valence-corrected chi connectivity index (χ3v) is 6.78. The predicted molar refractivity (Wildman–Crippen MR) is 89.5 cm³/mol. The monoisotopic (exact) mass is 347 g/mol. The molecule has 1 aliphatic carbocycles. The Morgan fingerprint density at radius 3 is 2.52 bits per heavy atom. The van der Waals surface area contributed by atoms with Crippen LogP contribution in [-0.2, 0) is 4.79 Å². The fourth-order valence-electron chi connectivity index (χ4n) is 3.74. The Morgan fingerprint density at radius 1 is 1.13 bits per heavy atom. The van der Waals surface area contributed by atoms with Gasteiger partial charge >= 0.3 is 5.97 Å². The van der Waals surface area contributed by atoms with E-state index in [9.17, 15) is 20.1 Å². The highest BCUT2D eigenvalue weighted by Crippen LogP contribution is 2.41. The summed E-state index contributed by atoms with van der Waals surface area (Å²) in [7, 11) is 0. The summed E-state index contributed by atoms with van der Waals surface area (Å²) >= 11 is 1.57. The Bertz CT molecular complexity index is 397. The molecule has 0 radical (unpaired) electrons. The van der Waals surface area contributed by atoms with E-state index >= 15 is 0 Å². The van der Waals surface area contributed by atoms with Gasteiger partial charge in [-0.1, -0.05) is 19.8 Å². The van der Waals surface area contributed by atoms with E-state index in [1.54, 1.807) is 11.8 Å². The van der Waals surface area contributed by atoms with Gasteiger partial charge in [0, 0.05) is 23.1 Å². The molecule has 2 rings (SSSR count). The first-order valence-corrected chi connectivity index (χ1v) is 9.49. The number of carbonyl (C=O) groups is 1. The molecule has 134 valence electrons. The number of thioether (sulfide) groups is 1. The van der Waals surface area contributed by atoms with E-state index in [0.717, 1.165) is 32.1 Å². The van der Waals surface area contributed by atoms with Crippen LogP contribution in [-0.4, -0.2) is 67.8 Å². The minimum atomic E-state index is -1.09. The summed E-state index contributed by atoms with van der Waals surface area (Å²) in [6.07, 6.45) is 2.31. The minimum absolute atomic E-state index is 0.0785. The van der Waals surface area contributed by atoms with Gasteiger partial charge in [0.2, 0.25) is 0 Å². The van der Waals surface area contributed by atoms with Crippen LogP contribution in [0.15, 0.2) is 0 Å². The zero-order valence-electron chi connectivity index (χ0n) is 13.6. The maximum atomic E-state index is 10.6. The van der Waals surface area contributed by atoms with Gasteiger partial charge in [0.15, 0.2) is 0 Å². The summed E-state index contributed by atoms with van der Waals surface area (Å²) in [5.41, 5.74) is 0. The van der Waals surface area contributed by atoms with Crippen molar-refractivity contribution in [1.29, 1.82) is 0 Å². The first kappa shape index (κ1) is 19.0. The average Bonchev–Trinajstić information content (AvgIpc) is 2.74. The first-order chi connectivity index (χ1) is 10.9. The Kier molecular flexibility index (Phi) is 7.16. The molecule has 7 heteroatoms. The minimum Gasteiger partial charge on any atom is -0.481 e. The van der Waals surface area contributed by atoms with Crippen LogP contribution in [0.5, 0.6) is 0 Å². The molecule has 2 unspecified atom stereocenters. The van der Waals surface area contributed by atoms with E-state index in [2.05, 4.69) is 5.32 Å². The van der Waals surface area contributed by atoms with Crippen molar-refractivity contribution < 1.29 is 25.2 Å². The van der Waals surface area contributed by atoms with Gasteiger partial charge in [0.05, 0.1) is 18.6 Å². The number of aliphatic hydroxyl groups is 3. The van der Waals surface area contributed by atoms with Crippen LogP contribution in [0.1, 0.15) is 45.4 Å². The standard InChI is InChI=1S/C16H29NO5S/c1-9-13(20)14(21)15(22)16(23-9)10-4-2-3-5-11(8-10)17-7-6-12(18)19/h9-11,13-17,20-22H,2-8H2,1H3,(H,18,19)/t9-,10?,11?,13+,14+,15-,16-/m0/s1. The first-order valence-electron chi connectivity index (χ1n) is 8.55. The number of nitrogens with one attached hydrogen (secondary N) is 1. The second kappa shape index (κ2) is 8.67. The Balaban J connectivity index is 1.95. The van der Waals surface area contributed by atoms with Crippen molar-refractivity contribution in [2.75, 3.05) is 6.54 Å². The highest BCUT2D eigenvalue weighted by Gasteiger charge is 2.44. The van der Waals surface area contributed by atoms with Crippen molar-refractivity contribution in [3.63, 3.8) is 0 Å². The number of hydrogen-bond donors (Lipinski definition) is 5. The van der Waals surface area contributed by atoms with Crippen molar-refractivity contribution in [2.45, 2.75) is 80.3 Å². The van der Waals surface area contributed by atoms with Gasteiger partial charge in [-0.2, -0.15) is 0 Å². The number of aliphatic carboxylic acids is 1. The fourth-order valence-corrected chi connectivity index (χ4v) is 5.35. The Labute approximate surface area is 141 Å². The van der Waals surface area contributed by atoms with Gasteiger partial charge in [-0.15, -0.1) is 11.8 Å². The lowest BCUT2D eigenvalue weighted by Gasteiger charge is -2.42. The van der Waals surface area contributed by atoms with Crippen molar-refractivity contribution in [2.24, 2.45) is 5.92 Å². The van der Waals surface area contributed by atoms with Crippen molar-refractivity contribution in [3.8, 4) is 0 Å². The van der Waals surface area contributed by atoms with E-state index in [-0.39, 0.29) is 28.9 Å². The normalized spacial score (nSPS) is 42.2. The van der Waals surface area contributed by atoms with E-state index in [4.69, 9.17) is 5.11 Å². The van der Waals surface area contributed by atoms with Crippen molar-refractivity contribution in [1.82, 2.24) is 5.32 Å². The maximum Gasteiger partial charge on any atom is 0.304 e. The summed E-state index contributed by atoms with van der Waals surface area (Å²) in [4.78, 5) is 10.6. The van der Waals surface area contributed by atoms with Crippen LogP contribution >= 0.6 is 11.8 Å². The fraction of sp³-hybridized carbons (Fsp3) is 0.938. The van der Waals surface area contributed by atoms with Gasteiger partial charge in [-0.25, -0.2) is 0 Å². The van der Waals surface area contributed by atoms with E-state index in [0.29, 0.717) is 6.54 Å². The van der Waals surface area contributed by atoms with E-state index < -0.39 is 24.3 Å². The van der Waals surface area contributed by atoms with Crippen LogP contribution in [0, 0.1) is 5.92 Å². The molecule has 0 aromatic heterocycles. The Hall–Kier alpha value is -0.340. The zero-order valence-corrected chi connectivity index (χ0v) is 14.4. The molecule has 1 saturated heterocycles. The lowest BCUT2D eigenvalue weighted by atomic mass is 9.87. The van der Waals surface area contributed by atoms with Gasteiger partial charge < -0.3 is 25.7 Å². The molecular formula is C16H29NO5S. The van der Waals surface area contributed by atoms with E-state index in [1.807, 2.05) is 6.92 Å². The number of hydrogen-bond acceptors (Lipinski definition) is 6. The molecule has 0 amide bonds. The molecule has 0 aromatic carbocycles. The predicted octanol–water partition coefficient (Wildman–Crippen LogP) is 0.586. The van der Waals surface area contributed by atoms with Crippen LogP contribution in [0.4, 0.5) is 0 Å². The van der Waals surface area contributed by atoms with Crippen LogP contribution < -0.4 is 5.32 Å². The second-order valence-electron chi connectivity index (χ2n) is 6.85. The molecule has 0 spiro atoms. The molecular weight excluding hydrogens is 318 g/mol. The SMILES string of the molecule is C[C@@H]1S[C@@H](C2CCCCC(NCCC(=O)O)C2)[C@@H](O)[C@H](O)[C@@H]1O. The summed E-state index contributed by atoms with van der Waals surface area (Å²) < 4.78 is 0. The molecule has 0 bridgehead atoms. The summed E-state index contributed by atoms with van der Waals surface area (Å²) in [6, 6.07) is 0.258. The number of rotatable bonds is 5. The quantitative estimate of drug-likeness (QED) is 0.463. The maximum absolute atomic E-state index is 10.6. The van der Waals surface area contributed by atoms with Crippen molar-refractivity contribution in [3.05, 3.63) is 0 Å². The molecule has 23 heavy (non-hydrogen) atoms. The summed E-state index contributed by atoms with van der Waals surface area (Å²) in [5.74, 6) is -0.531. The molecule has 1 saturated carbocycles. The van der Waals surface area contributed by atoms with Gasteiger partial charge in [-0.3, -0.25) is 4.79 Å². The van der Waals surface area contributed by atoms with Crippen LogP contribution in [0.3, 0.4) is 0 Å². The van der Waals surface area contributed by atoms with E-state index in [1.165, 1.54) is 0 Å². The zero-order chi connectivity index (χ0) is 17.0. The molecule has 5 N–H and O–H groups in total. The van der Waals surface area contributed by atoms with Gasteiger partial charge in [0.1, 0.15) is 6.10 Å². The largest absolute Gasteiger partial charge is 0.481 e. The number of aliphatic hydroxyl groups excluding tert-OH is 3. The third-order valence-electron chi connectivity index (χ3n) is 5.09. The Morgan fingerprint density at radius 2 is 1.83 bits per heavy atom. The smallest absolute Gasteiger partial charge is 0.304 e. The molecule has 1 heterocycles. The van der Waals surface area contributed by atoms with Crippen molar-refractivity contribution >= 4 is 17.7 Å². The van der Waals surface area contributed by atoms with Crippen LogP contribution in [0.25, 0.3) is 0 Å². The lowest BCUT2D eigenvalue weighted by molar-refractivity contribution is -0.136. The summed E-state index contributed by atoms with van der Waals surface area (Å²) in [5, 5.41) is 42.2. The highest BCUT2D eigenvalue weighted by molar-refractivity contribution is 8.00. The molecule has 7 atom stereocenters. The average molecular weight is 347 g/mol. The highest BCUT2D eigenvalue weighted by atomic mass is 32.2. The van der Waals surface area contributed by atoms with Crippen LogP contribution in [0.2, 0.25) is 0 Å². The van der Waals surface area contributed by atoms with Gasteiger partial charge in [0.25, 0.3) is 0 Å². The topological polar surface area (TPSA) is 110 Å². The molecule has 6 nitrogen and oxygen atoms in total. The summed E-state index contributed by atoms with van der Waals surface area (Å²) in [6.45, 7) is 2.35. The molecule has 0 aromatic rings. The number of carboxylic acids is 1. The number of carboxylic acid groups (broad SMARTS) is 1. The molecule has 2 aliphatic rings. The molecule has 2 fully saturated rings. The third kappa shape index (κ3) is 5.06. The lowest BCUT2D eigenvalue weighted by Crippen LogP contribution is -2.54.